The number of pyridine rings is 1. The van der Waals surface area contributed by atoms with Crippen LogP contribution in [0.5, 0.6) is 0 Å². The normalized spacial score (nSPS) is 10.8. The van der Waals surface area contributed by atoms with Gasteiger partial charge < -0.3 is 5.73 Å². The average molecular weight is 330 g/mol. The fourth-order valence-electron chi connectivity index (χ4n) is 3.07. The molecule has 0 unspecified atom stereocenters. The van der Waals surface area contributed by atoms with Gasteiger partial charge in [-0.2, -0.15) is 5.26 Å². The minimum absolute atomic E-state index is 0.219. The van der Waals surface area contributed by atoms with Gasteiger partial charge in [0.05, 0.1) is 5.52 Å². The highest BCUT2D eigenvalue weighted by Crippen LogP contribution is 2.39. The molecule has 0 saturated carbocycles. The van der Waals surface area contributed by atoms with Crippen LogP contribution < -0.4 is 5.73 Å². The predicted molar refractivity (Wildman–Crippen MR) is 98.8 cm³/mol. The van der Waals surface area contributed by atoms with E-state index in [1.54, 1.807) is 0 Å². The van der Waals surface area contributed by atoms with E-state index in [-0.39, 0.29) is 5.82 Å². The van der Waals surface area contributed by atoms with Crippen molar-refractivity contribution in [1.82, 2.24) is 4.98 Å². The Morgan fingerprint density at radius 1 is 0.917 bits per heavy atom. The molecular formula is C20H12ClN3. The third-order valence-corrected chi connectivity index (χ3v) is 4.49. The minimum Gasteiger partial charge on any atom is -0.383 e. The highest BCUT2D eigenvalue weighted by molar-refractivity contribution is 6.34. The van der Waals surface area contributed by atoms with Gasteiger partial charge in [-0.15, -0.1) is 0 Å². The second-order valence-electron chi connectivity index (χ2n) is 5.52. The number of anilines is 1. The summed E-state index contributed by atoms with van der Waals surface area (Å²) >= 11 is 6.39. The molecular weight excluding hydrogens is 318 g/mol. The molecule has 0 radical (unpaired) electrons. The van der Waals surface area contributed by atoms with Gasteiger partial charge in [0.25, 0.3) is 0 Å². The van der Waals surface area contributed by atoms with Crippen LogP contribution in [0.1, 0.15) is 5.56 Å². The van der Waals surface area contributed by atoms with E-state index < -0.39 is 0 Å². The zero-order valence-corrected chi connectivity index (χ0v) is 13.4. The van der Waals surface area contributed by atoms with Gasteiger partial charge in [-0.05, 0) is 11.5 Å². The van der Waals surface area contributed by atoms with Crippen molar-refractivity contribution in [1.29, 1.82) is 5.26 Å². The molecule has 4 heteroatoms. The van der Waals surface area contributed by atoms with Crippen LogP contribution in [0.15, 0.2) is 60.7 Å². The molecule has 0 aliphatic carbocycles. The van der Waals surface area contributed by atoms with E-state index in [1.807, 2.05) is 60.7 Å². The van der Waals surface area contributed by atoms with Crippen molar-refractivity contribution in [3.63, 3.8) is 0 Å². The average Bonchev–Trinajstić information content (AvgIpc) is 2.61. The Kier molecular flexibility index (Phi) is 3.34. The molecule has 0 atom stereocenters. The fraction of sp³-hybridized carbons (Fsp3) is 0. The molecule has 24 heavy (non-hydrogen) atoms. The molecule has 114 valence electrons. The first-order chi connectivity index (χ1) is 11.7. The lowest BCUT2D eigenvalue weighted by molar-refractivity contribution is 1.38. The van der Waals surface area contributed by atoms with Crippen molar-refractivity contribution < 1.29 is 0 Å². The number of fused-ring (bicyclic) bond motifs is 3. The molecule has 3 aromatic carbocycles. The number of halogens is 1. The second kappa shape index (κ2) is 5.52. The minimum atomic E-state index is 0.219. The third kappa shape index (κ3) is 2.09. The Balaban J connectivity index is 2.25. The number of hydrogen-bond donors (Lipinski definition) is 1. The Labute approximate surface area is 143 Å². The topological polar surface area (TPSA) is 62.7 Å². The molecule has 4 aromatic rings. The molecule has 0 bridgehead atoms. The van der Waals surface area contributed by atoms with Gasteiger partial charge in [0.2, 0.25) is 0 Å². The zero-order valence-electron chi connectivity index (χ0n) is 12.6. The molecule has 0 spiro atoms. The number of benzene rings is 3. The molecule has 0 aliphatic rings. The fourth-order valence-corrected chi connectivity index (χ4v) is 3.30. The lowest BCUT2D eigenvalue weighted by atomic mass is 9.94. The Morgan fingerprint density at radius 3 is 2.46 bits per heavy atom. The molecule has 0 saturated heterocycles. The van der Waals surface area contributed by atoms with Crippen LogP contribution in [0.25, 0.3) is 32.8 Å². The van der Waals surface area contributed by atoms with Gasteiger partial charge in [-0.3, -0.25) is 0 Å². The number of aromatic nitrogens is 1. The maximum atomic E-state index is 9.61. The monoisotopic (exact) mass is 329 g/mol. The van der Waals surface area contributed by atoms with Gasteiger partial charge in [0.15, 0.2) is 0 Å². The number of nitriles is 1. The molecule has 2 N–H and O–H groups in total. The Hall–Kier alpha value is -3.09. The maximum Gasteiger partial charge on any atom is 0.142 e. The maximum absolute atomic E-state index is 9.61. The molecule has 0 fully saturated rings. The number of rotatable bonds is 1. The summed E-state index contributed by atoms with van der Waals surface area (Å²) in [5, 5.41) is 13.1. The van der Waals surface area contributed by atoms with Crippen molar-refractivity contribution in [2.24, 2.45) is 0 Å². The van der Waals surface area contributed by atoms with E-state index in [0.29, 0.717) is 10.6 Å². The van der Waals surface area contributed by atoms with Crippen LogP contribution in [0.2, 0.25) is 5.02 Å². The van der Waals surface area contributed by atoms with Gasteiger partial charge >= 0.3 is 0 Å². The van der Waals surface area contributed by atoms with E-state index in [4.69, 9.17) is 17.3 Å². The van der Waals surface area contributed by atoms with Crippen LogP contribution >= 0.6 is 11.6 Å². The smallest absolute Gasteiger partial charge is 0.142 e. The molecule has 1 heterocycles. The van der Waals surface area contributed by atoms with Crippen LogP contribution in [-0.4, -0.2) is 4.98 Å². The summed E-state index contributed by atoms with van der Waals surface area (Å²) in [5.74, 6) is 0.219. The SMILES string of the molecule is N#Cc1c(N)nc2c(ccc3ccccc32)c1-c1ccccc1Cl. The van der Waals surface area contributed by atoms with Crippen LogP contribution in [-0.2, 0) is 0 Å². The van der Waals surface area contributed by atoms with Gasteiger partial charge in [-0.25, -0.2) is 4.98 Å². The van der Waals surface area contributed by atoms with E-state index >= 15 is 0 Å². The quantitative estimate of drug-likeness (QED) is 0.490. The van der Waals surface area contributed by atoms with Gasteiger partial charge in [-0.1, -0.05) is 66.2 Å². The van der Waals surface area contributed by atoms with E-state index in [2.05, 4.69) is 11.1 Å². The number of nitrogens with two attached hydrogens (primary N) is 1. The molecule has 0 amide bonds. The van der Waals surface area contributed by atoms with E-state index in [0.717, 1.165) is 32.8 Å². The lowest BCUT2D eigenvalue weighted by Gasteiger charge is -2.13. The highest BCUT2D eigenvalue weighted by Gasteiger charge is 2.18. The second-order valence-corrected chi connectivity index (χ2v) is 5.93. The summed E-state index contributed by atoms with van der Waals surface area (Å²) in [5.41, 5.74) is 8.74. The van der Waals surface area contributed by atoms with Crippen molar-refractivity contribution in [2.75, 3.05) is 5.73 Å². The van der Waals surface area contributed by atoms with E-state index in [1.165, 1.54) is 0 Å². The predicted octanol–water partition coefficient (Wildman–Crippen LogP) is 5.16. The van der Waals surface area contributed by atoms with Gasteiger partial charge in [0.1, 0.15) is 17.5 Å². The van der Waals surface area contributed by atoms with Crippen molar-refractivity contribution in [3.05, 3.63) is 71.2 Å². The van der Waals surface area contributed by atoms with Crippen molar-refractivity contribution in [3.8, 4) is 17.2 Å². The highest BCUT2D eigenvalue weighted by atomic mass is 35.5. The first-order valence-electron chi connectivity index (χ1n) is 7.46. The summed E-state index contributed by atoms with van der Waals surface area (Å²) < 4.78 is 0. The number of hydrogen-bond acceptors (Lipinski definition) is 3. The third-order valence-electron chi connectivity index (χ3n) is 4.16. The summed E-state index contributed by atoms with van der Waals surface area (Å²) in [7, 11) is 0. The molecule has 1 aromatic heterocycles. The van der Waals surface area contributed by atoms with E-state index in [9.17, 15) is 5.26 Å². The Bertz CT molecular complexity index is 1140. The standard InChI is InChI=1S/C20H12ClN3/c21-17-8-4-3-7-14(17)18-15-10-9-12-5-1-2-6-13(12)19(15)24-20(23)16(18)11-22/h1-10H,(H2,23,24). The zero-order chi connectivity index (χ0) is 16.7. The summed E-state index contributed by atoms with van der Waals surface area (Å²) in [6, 6.07) is 21.6. The van der Waals surface area contributed by atoms with Crippen molar-refractivity contribution in [2.45, 2.75) is 0 Å². The summed E-state index contributed by atoms with van der Waals surface area (Å²) in [6.07, 6.45) is 0. The molecule has 4 rings (SSSR count). The number of nitrogens with zero attached hydrogens (tertiary/aromatic N) is 2. The van der Waals surface area contributed by atoms with Crippen LogP contribution in [0.4, 0.5) is 5.82 Å². The summed E-state index contributed by atoms with van der Waals surface area (Å²) in [4.78, 5) is 4.50. The largest absolute Gasteiger partial charge is 0.383 e. The molecule has 3 nitrogen and oxygen atoms in total. The Morgan fingerprint density at radius 2 is 1.67 bits per heavy atom. The van der Waals surface area contributed by atoms with Crippen molar-refractivity contribution >= 4 is 39.1 Å². The van der Waals surface area contributed by atoms with Crippen LogP contribution in [0, 0.1) is 11.3 Å². The van der Waals surface area contributed by atoms with Gasteiger partial charge in [0, 0.05) is 26.9 Å². The first kappa shape index (κ1) is 14.5. The first-order valence-corrected chi connectivity index (χ1v) is 7.84. The summed E-state index contributed by atoms with van der Waals surface area (Å²) in [6.45, 7) is 0. The number of nitrogen functional groups attached to an aromatic ring is 1. The molecule has 0 aliphatic heterocycles. The lowest BCUT2D eigenvalue weighted by Crippen LogP contribution is -2.00. The van der Waals surface area contributed by atoms with Crippen LogP contribution in [0.3, 0.4) is 0 Å².